The molecule has 2 aromatic rings. The lowest BCUT2D eigenvalue weighted by atomic mass is 10.5. The number of aromatic nitrogens is 4. The molecule has 2 heterocycles. The van der Waals surface area contributed by atoms with Crippen molar-refractivity contribution in [1.82, 2.24) is 20.2 Å². The first kappa shape index (κ1) is 9.35. The second-order valence-electron chi connectivity index (χ2n) is 2.39. The average molecular weight is 225 g/mol. The van der Waals surface area contributed by atoms with Crippen molar-refractivity contribution < 1.29 is 0 Å². The van der Waals surface area contributed by atoms with Crippen molar-refractivity contribution in [1.29, 1.82) is 0 Å². The van der Waals surface area contributed by atoms with Crippen LogP contribution in [0.2, 0.25) is 0 Å². The number of hydrogen-bond donors (Lipinski definition) is 1. The fourth-order valence-corrected chi connectivity index (χ4v) is 2.35. The molecule has 14 heavy (non-hydrogen) atoms. The molecule has 0 aliphatic carbocycles. The van der Waals surface area contributed by atoms with Crippen LogP contribution < -0.4 is 5.73 Å². The van der Waals surface area contributed by atoms with E-state index in [-0.39, 0.29) is 0 Å². The molecule has 0 unspecified atom stereocenters. The van der Waals surface area contributed by atoms with E-state index >= 15 is 0 Å². The summed E-state index contributed by atoms with van der Waals surface area (Å²) in [6.07, 6.45) is 5.05. The van der Waals surface area contributed by atoms with E-state index in [0.29, 0.717) is 5.13 Å². The standard InChI is InChI=1S/C7H7N5S2/c8-6-11-12-7(14-6)13-4-5-3-9-1-2-10-5/h1-3H,4H2,(H2,8,11). The Morgan fingerprint density at radius 2 is 2.29 bits per heavy atom. The summed E-state index contributed by atoms with van der Waals surface area (Å²) in [4.78, 5) is 8.11. The van der Waals surface area contributed by atoms with Gasteiger partial charge in [-0.15, -0.1) is 10.2 Å². The third-order valence-electron chi connectivity index (χ3n) is 1.38. The van der Waals surface area contributed by atoms with Crippen molar-refractivity contribution in [2.75, 3.05) is 5.73 Å². The van der Waals surface area contributed by atoms with Crippen molar-refractivity contribution in [3.8, 4) is 0 Å². The van der Waals surface area contributed by atoms with Crippen molar-refractivity contribution in [3.05, 3.63) is 24.3 Å². The lowest BCUT2D eigenvalue weighted by molar-refractivity contribution is 1.01. The van der Waals surface area contributed by atoms with Crippen LogP contribution in [-0.2, 0) is 5.75 Å². The summed E-state index contributed by atoms with van der Waals surface area (Å²) in [5, 5.41) is 8.10. The van der Waals surface area contributed by atoms with Gasteiger partial charge in [-0.3, -0.25) is 9.97 Å². The predicted molar refractivity (Wildman–Crippen MR) is 55.9 cm³/mol. The summed E-state index contributed by atoms with van der Waals surface area (Å²) in [5.41, 5.74) is 6.37. The zero-order valence-electron chi connectivity index (χ0n) is 7.12. The Labute approximate surface area is 88.8 Å². The minimum Gasteiger partial charge on any atom is -0.374 e. The molecule has 2 N–H and O–H groups in total. The number of nitrogens with two attached hydrogens (primary N) is 1. The molecule has 7 heteroatoms. The van der Waals surface area contributed by atoms with E-state index in [9.17, 15) is 0 Å². The lowest BCUT2D eigenvalue weighted by Crippen LogP contribution is -1.86. The number of thioether (sulfide) groups is 1. The van der Waals surface area contributed by atoms with E-state index < -0.39 is 0 Å². The summed E-state index contributed by atoms with van der Waals surface area (Å²) in [6.45, 7) is 0. The number of rotatable bonds is 3. The maximum absolute atomic E-state index is 5.45. The van der Waals surface area contributed by atoms with Gasteiger partial charge in [0.1, 0.15) is 0 Å². The van der Waals surface area contributed by atoms with E-state index in [0.717, 1.165) is 15.8 Å². The molecule has 0 aliphatic heterocycles. The van der Waals surface area contributed by atoms with Crippen LogP contribution in [0.25, 0.3) is 0 Å². The Morgan fingerprint density at radius 1 is 1.36 bits per heavy atom. The average Bonchev–Trinajstić information content (AvgIpc) is 2.63. The van der Waals surface area contributed by atoms with Crippen LogP contribution in [0.1, 0.15) is 5.69 Å². The SMILES string of the molecule is Nc1nnc(SCc2cnccn2)s1. The molecule has 5 nitrogen and oxygen atoms in total. The molecular weight excluding hydrogens is 218 g/mol. The van der Waals surface area contributed by atoms with E-state index in [4.69, 9.17) is 5.73 Å². The highest BCUT2D eigenvalue weighted by Crippen LogP contribution is 2.25. The van der Waals surface area contributed by atoms with E-state index in [1.54, 1.807) is 30.4 Å². The van der Waals surface area contributed by atoms with Crippen LogP contribution in [0, 0.1) is 0 Å². The van der Waals surface area contributed by atoms with Crippen LogP contribution >= 0.6 is 23.1 Å². The lowest BCUT2D eigenvalue weighted by Gasteiger charge is -1.94. The summed E-state index contributed by atoms with van der Waals surface area (Å²) in [7, 11) is 0. The van der Waals surface area contributed by atoms with Crippen molar-refractivity contribution in [2.45, 2.75) is 10.1 Å². The monoisotopic (exact) mass is 225 g/mol. The highest BCUT2D eigenvalue weighted by molar-refractivity contribution is 8.00. The molecule has 2 rings (SSSR count). The van der Waals surface area contributed by atoms with Gasteiger partial charge in [-0.1, -0.05) is 23.1 Å². The molecule has 72 valence electrons. The van der Waals surface area contributed by atoms with Crippen molar-refractivity contribution in [2.24, 2.45) is 0 Å². The van der Waals surface area contributed by atoms with Gasteiger partial charge >= 0.3 is 0 Å². The van der Waals surface area contributed by atoms with Gasteiger partial charge in [0.05, 0.1) is 5.69 Å². The maximum atomic E-state index is 5.45. The fraction of sp³-hybridized carbons (Fsp3) is 0.143. The molecule has 0 spiro atoms. The highest BCUT2D eigenvalue weighted by atomic mass is 32.2. The molecule has 0 fully saturated rings. The Morgan fingerprint density at radius 3 is 2.93 bits per heavy atom. The zero-order valence-corrected chi connectivity index (χ0v) is 8.75. The minimum atomic E-state index is 0.492. The molecule has 0 aromatic carbocycles. The summed E-state index contributed by atoms with van der Waals surface area (Å²) < 4.78 is 0.855. The van der Waals surface area contributed by atoms with E-state index in [1.165, 1.54) is 11.3 Å². The molecular formula is C7H7N5S2. The quantitative estimate of drug-likeness (QED) is 0.791. The van der Waals surface area contributed by atoms with Crippen LogP contribution in [0.5, 0.6) is 0 Å². The minimum absolute atomic E-state index is 0.492. The normalized spacial score (nSPS) is 10.3. The van der Waals surface area contributed by atoms with Gasteiger partial charge in [-0.2, -0.15) is 0 Å². The van der Waals surface area contributed by atoms with Crippen molar-refractivity contribution >= 4 is 28.2 Å². The zero-order chi connectivity index (χ0) is 9.80. The molecule has 0 amide bonds. The summed E-state index contributed by atoms with van der Waals surface area (Å²) >= 11 is 2.93. The molecule has 0 aliphatic rings. The topological polar surface area (TPSA) is 77.6 Å². The number of nitrogens with zero attached hydrogens (tertiary/aromatic N) is 4. The molecule has 0 bridgehead atoms. The second kappa shape index (κ2) is 4.34. The Hall–Kier alpha value is -1.21. The largest absolute Gasteiger partial charge is 0.374 e. The smallest absolute Gasteiger partial charge is 0.203 e. The van der Waals surface area contributed by atoms with Crippen molar-refractivity contribution in [3.63, 3.8) is 0 Å². The molecule has 0 atom stereocenters. The van der Waals surface area contributed by atoms with Gasteiger partial charge in [-0.05, 0) is 0 Å². The van der Waals surface area contributed by atoms with Gasteiger partial charge in [-0.25, -0.2) is 0 Å². The van der Waals surface area contributed by atoms with Gasteiger partial charge in [0, 0.05) is 24.3 Å². The number of hydrogen-bond acceptors (Lipinski definition) is 7. The van der Waals surface area contributed by atoms with Crippen LogP contribution in [0.3, 0.4) is 0 Å². The Balaban J connectivity index is 1.95. The van der Waals surface area contributed by atoms with E-state index in [2.05, 4.69) is 20.2 Å². The molecule has 2 aromatic heterocycles. The van der Waals surface area contributed by atoms with Crippen LogP contribution in [0.4, 0.5) is 5.13 Å². The van der Waals surface area contributed by atoms with Crippen LogP contribution in [0.15, 0.2) is 22.9 Å². The van der Waals surface area contributed by atoms with Gasteiger partial charge in [0.25, 0.3) is 0 Å². The summed E-state index contributed by atoms with van der Waals surface area (Å²) in [6, 6.07) is 0. The third-order valence-corrected chi connectivity index (χ3v) is 3.30. The van der Waals surface area contributed by atoms with Gasteiger partial charge in [0.2, 0.25) is 5.13 Å². The summed E-state index contributed by atoms with van der Waals surface area (Å²) in [5.74, 6) is 0.739. The Kier molecular flexibility index (Phi) is 2.90. The van der Waals surface area contributed by atoms with E-state index in [1.807, 2.05) is 0 Å². The fourth-order valence-electron chi connectivity index (χ4n) is 0.819. The second-order valence-corrected chi connectivity index (χ2v) is 4.62. The first-order valence-corrected chi connectivity index (χ1v) is 5.61. The number of anilines is 1. The molecule has 0 saturated heterocycles. The first-order valence-electron chi connectivity index (χ1n) is 3.81. The maximum Gasteiger partial charge on any atom is 0.203 e. The predicted octanol–water partition coefficient (Wildman–Crippen LogP) is 1.20. The van der Waals surface area contributed by atoms with Crippen LogP contribution in [-0.4, -0.2) is 20.2 Å². The molecule has 0 saturated carbocycles. The molecule has 0 radical (unpaired) electrons. The van der Waals surface area contributed by atoms with Gasteiger partial charge in [0.15, 0.2) is 4.34 Å². The van der Waals surface area contributed by atoms with Gasteiger partial charge < -0.3 is 5.73 Å². The Bertz CT molecular complexity index is 401. The number of nitrogen functional groups attached to an aromatic ring is 1. The highest BCUT2D eigenvalue weighted by Gasteiger charge is 2.02. The third kappa shape index (κ3) is 2.39. The first-order chi connectivity index (χ1) is 6.84.